The Bertz CT molecular complexity index is 1060. The van der Waals surface area contributed by atoms with Crippen molar-refractivity contribution in [2.45, 2.75) is 39.1 Å². The molecule has 0 saturated heterocycles. The number of hydrogen-bond acceptors (Lipinski definition) is 6. The molecule has 0 amide bonds. The lowest BCUT2D eigenvalue weighted by atomic mass is 10.1. The number of ether oxygens (including phenoxy) is 3. The van der Waals surface area contributed by atoms with E-state index >= 15 is 0 Å². The molecule has 176 valence electrons. The average Bonchev–Trinajstić information content (AvgIpc) is 3.12. The summed E-state index contributed by atoms with van der Waals surface area (Å²) in [6, 6.07) is 19.5. The Morgan fingerprint density at radius 1 is 0.939 bits per heavy atom. The van der Waals surface area contributed by atoms with Crippen molar-refractivity contribution in [3.05, 3.63) is 88.5 Å². The summed E-state index contributed by atoms with van der Waals surface area (Å²) >= 11 is 5.72. The fourth-order valence-electron chi connectivity index (χ4n) is 3.45. The maximum absolute atomic E-state index is 12.3. The van der Waals surface area contributed by atoms with Crippen molar-refractivity contribution >= 4 is 18.2 Å². The summed E-state index contributed by atoms with van der Waals surface area (Å²) in [5.41, 5.74) is 3.05. The van der Waals surface area contributed by atoms with E-state index in [0.717, 1.165) is 16.8 Å². The van der Waals surface area contributed by atoms with Crippen LogP contribution >= 0.6 is 12.2 Å². The van der Waals surface area contributed by atoms with Gasteiger partial charge in [0.2, 0.25) is 0 Å². The van der Waals surface area contributed by atoms with E-state index in [-0.39, 0.29) is 12.7 Å². The number of likely N-dealkylation sites (N-methyl/N-ethyl adjacent to an activating group) is 1. The molecule has 2 aromatic carbocycles. The molecule has 3 aromatic rings. The molecule has 0 aliphatic carbocycles. The molecule has 0 spiro atoms. The Morgan fingerprint density at radius 2 is 1.48 bits per heavy atom. The molecular formula is C25H31N3O4S. The van der Waals surface area contributed by atoms with Gasteiger partial charge in [-0.15, -0.1) is 0 Å². The monoisotopic (exact) mass is 469 g/mol. The smallest absolute Gasteiger partial charge is 0.323 e. The second kappa shape index (κ2) is 12.5. The molecule has 0 aliphatic rings. The van der Waals surface area contributed by atoms with Crippen molar-refractivity contribution in [3.63, 3.8) is 0 Å². The molecule has 3 rings (SSSR count). The third-order valence-corrected chi connectivity index (χ3v) is 5.76. The largest absolute Gasteiger partial charge is 0.468 e. The van der Waals surface area contributed by atoms with Crippen molar-refractivity contribution in [3.8, 4) is 0 Å². The van der Waals surface area contributed by atoms with Gasteiger partial charge in [-0.2, -0.15) is 0 Å². The van der Waals surface area contributed by atoms with Crippen molar-refractivity contribution in [2.24, 2.45) is 0 Å². The van der Waals surface area contributed by atoms with Crippen LogP contribution in [0.25, 0.3) is 0 Å². The first-order chi connectivity index (χ1) is 16.0. The average molecular weight is 470 g/mol. The summed E-state index contributed by atoms with van der Waals surface area (Å²) in [6.07, 6.45) is 2.36. The van der Waals surface area contributed by atoms with Crippen LogP contribution in [0.5, 0.6) is 0 Å². The fourth-order valence-corrected chi connectivity index (χ4v) is 3.73. The molecule has 1 atom stereocenters. The maximum Gasteiger partial charge on any atom is 0.323 e. The van der Waals surface area contributed by atoms with Gasteiger partial charge in [-0.3, -0.25) is 18.8 Å². The second-order valence-corrected chi connectivity index (χ2v) is 8.30. The van der Waals surface area contributed by atoms with E-state index in [1.165, 1.54) is 7.11 Å². The van der Waals surface area contributed by atoms with Gasteiger partial charge >= 0.3 is 5.97 Å². The summed E-state index contributed by atoms with van der Waals surface area (Å²) < 4.78 is 21.2. The van der Waals surface area contributed by atoms with Gasteiger partial charge in [0, 0.05) is 18.3 Å². The Hall–Kier alpha value is -2.78. The number of nitrogens with zero attached hydrogens (tertiary/aromatic N) is 3. The van der Waals surface area contributed by atoms with Crippen LogP contribution in [0.2, 0.25) is 0 Å². The zero-order valence-corrected chi connectivity index (χ0v) is 20.2. The Kier molecular flexibility index (Phi) is 9.38. The molecule has 1 aromatic heterocycles. The van der Waals surface area contributed by atoms with Gasteiger partial charge in [-0.25, -0.2) is 0 Å². The van der Waals surface area contributed by atoms with Crippen LogP contribution in [0.4, 0.5) is 0 Å². The predicted molar refractivity (Wildman–Crippen MR) is 129 cm³/mol. The topological polar surface area (TPSA) is 57.9 Å². The molecule has 0 aliphatic heterocycles. The van der Waals surface area contributed by atoms with Gasteiger partial charge in [-0.05, 0) is 37.4 Å². The molecule has 0 unspecified atom stereocenters. The highest BCUT2D eigenvalue weighted by molar-refractivity contribution is 7.71. The molecule has 8 heteroatoms. The molecule has 1 heterocycles. The van der Waals surface area contributed by atoms with Gasteiger partial charge in [-0.1, -0.05) is 60.7 Å². The van der Waals surface area contributed by atoms with Crippen LogP contribution < -0.4 is 0 Å². The number of esters is 1. The molecule has 0 saturated carbocycles. The standard InChI is InChI=1S/C25H31N3O4S/c1-26(2)23(24(29)30-3)14-22-15-27(18-31-16-20-10-6-4-7-11-20)25(33)28(22)19-32-17-21-12-8-5-9-13-21/h4-13,15,23H,14,16-19H2,1-3H3/t23-/m0/s1. The highest BCUT2D eigenvalue weighted by atomic mass is 32.1. The van der Waals surface area contributed by atoms with Crippen LogP contribution in [-0.4, -0.2) is 47.3 Å². The number of methoxy groups -OCH3 is 1. The summed E-state index contributed by atoms with van der Waals surface area (Å²) in [5, 5.41) is 0. The van der Waals surface area contributed by atoms with Gasteiger partial charge < -0.3 is 14.2 Å². The fraction of sp³-hybridized carbons (Fsp3) is 0.360. The van der Waals surface area contributed by atoms with Crippen molar-refractivity contribution in [1.82, 2.24) is 14.0 Å². The van der Waals surface area contributed by atoms with Gasteiger partial charge in [0.25, 0.3) is 0 Å². The van der Waals surface area contributed by atoms with E-state index in [1.54, 1.807) is 0 Å². The normalized spacial score (nSPS) is 12.1. The Morgan fingerprint density at radius 3 is 2.00 bits per heavy atom. The number of carbonyl (C=O) groups excluding carboxylic acids is 1. The van der Waals surface area contributed by atoms with E-state index in [9.17, 15) is 4.79 Å². The third kappa shape index (κ3) is 7.10. The molecule has 0 bridgehead atoms. The lowest BCUT2D eigenvalue weighted by Crippen LogP contribution is -2.39. The summed E-state index contributed by atoms with van der Waals surface area (Å²) in [6.45, 7) is 1.52. The zero-order chi connectivity index (χ0) is 23.6. The SMILES string of the molecule is COC(=O)[C@H](Cc1cn(COCc2ccccc2)c(=S)n1COCc1ccccc1)N(C)C. The van der Waals surface area contributed by atoms with Gasteiger partial charge in [0.1, 0.15) is 19.5 Å². The maximum atomic E-state index is 12.3. The molecule has 0 N–H and O–H groups in total. The third-order valence-electron chi connectivity index (χ3n) is 5.30. The summed E-state index contributed by atoms with van der Waals surface area (Å²) in [5.74, 6) is -0.296. The van der Waals surface area contributed by atoms with Crippen LogP contribution in [0.3, 0.4) is 0 Å². The van der Waals surface area contributed by atoms with Crippen LogP contribution in [0.1, 0.15) is 16.8 Å². The molecule has 7 nitrogen and oxygen atoms in total. The van der Waals surface area contributed by atoms with E-state index in [0.29, 0.717) is 31.1 Å². The molecule has 0 radical (unpaired) electrons. The quantitative estimate of drug-likeness (QED) is 0.295. The minimum atomic E-state index is -0.439. The first-order valence-electron chi connectivity index (χ1n) is 10.8. The number of benzene rings is 2. The van der Waals surface area contributed by atoms with Crippen molar-refractivity contribution in [2.75, 3.05) is 21.2 Å². The van der Waals surface area contributed by atoms with Crippen LogP contribution in [-0.2, 0) is 52.1 Å². The summed E-state index contributed by atoms with van der Waals surface area (Å²) in [4.78, 5) is 14.2. The zero-order valence-electron chi connectivity index (χ0n) is 19.3. The van der Waals surface area contributed by atoms with Gasteiger partial charge in [0.15, 0.2) is 4.77 Å². The van der Waals surface area contributed by atoms with E-state index < -0.39 is 6.04 Å². The highest BCUT2D eigenvalue weighted by Gasteiger charge is 2.24. The van der Waals surface area contributed by atoms with E-state index in [2.05, 4.69) is 0 Å². The van der Waals surface area contributed by atoms with Crippen molar-refractivity contribution < 1.29 is 19.0 Å². The number of imidazole rings is 1. The predicted octanol–water partition coefficient (Wildman–Crippen LogP) is 4.01. The number of aromatic nitrogens is 2. The number of rotatable bonds is 12. The number of hydrogen-bond donors (Lipinski definition) is 0. The number of carbonyl (C=O) groups is 1. The highest BCUT2D eigenvalue weighted by Crippen LogP contribution is 2.14. The Labute approximate surface area is 200 Å². The van der Waals surface area contributed by atoms with E-state index in [1.807, 2.05) is 95.0 Å². The summed E-state index contributed by atoms with van der Waals surface area (Å²) in [7, 11) is 5.11. The first kappa shape index (κ1) is 24.9. The minimum Gasteiger partial charge on any atom is -0.468 e. The first-order valence-corrected chi connectivity index (χ1v) is 11.2. The lowest BCUT2D eigenvalue weighted by Gasteiger charge is -2.22. The molecular weight excluding hydrogens is 438 g/mol. The van der Waals surface area contributed by atoms with Gasteiger partial charge in [0.05, 0.1) is 20.3 Å². The molecule has 0 fully saturated rings. The van der Waals surface area contributed by atoms with Crippen LogP contribution in [0, 0.1) is 4.77 Å². The Balaban J connectivity index is 1.76. The van der Waals surface area contributed by atoms with Crippen LogP contribution in [0.15, 0.2) is 66.9 Å². The minimum absolute atomic E-state index is 0.274. The lowest BCUT2D eigenvalue weighted by molar-refractivity contribution is -0.146. The second-order valence-electron chi connectivity index (χ2n) is 7.93. The molecule has 33 heavy (non-hydrogen) atoms. The van der Waals surface area contributed by atoms with E-state index in [4.69, 9.17) is 26.4 Å². The van der Waals surface area contributed by atoms with Crippen molar-refractivity contribution in [1.29, 1.82) is 0 Å².